The van der Waals surface area contributed by atoms with E-state index in [-0.39, 0.29) is 17.6 Å². The summed E-state index contributed by atoms with van der Waals surface area (Å²) in [6.45, 7) is 7.52. The SMILES string of the molecule is Cc1nnc(SCC(=O)N[C@@](C)(C#N)C(C)C)n1C1CC1. The number of carbonyl (C=O) groups excluding carboxylic acids is 1. The Hall–Kier alpha value is -1.55. The zero-order valence-corrected chi connectivity index (χ0v) is 13.7. The number of carbonyl (C=O) groups is 1. The molecule has 0 spiro atoms. The zero-order chi connectivity index (χ0) is 15.6. The summed E-state index contributed by atoms with van der Waals surface area (Å²) in [7, 11) is 0. The molecule has 0 unspecified atom stereocenters. The van der Waals surface area contributed by atoms with Gasteiger partial charge in [-0.3, -0.25) is 4.79 Å². The smallest absolute Gasteiger partial charge is 0.231 e. The zero-order valence-electron chi connectivity index (χ0n) is 12.9. The Labute approximate surface area is 129 Å². The maximum absolute atomic E-state index is 12.1. The van der Waals surface area contributed by atoms with Gasteiger partial charge in [-0.2, -0.15) is 5.26 Å². The van der Waals surface area contributed by atoms with Gasteiger partial charge in [0.25, 0.3) is 0 Å². The third-order valence-corrected chi connectivity index (χ3v) is 4.81. The van der Waals surface area contributed by atoms with Crippen LogP contribution in [0.25, 0.3) is 0 Å². The number of nitrogens with zero attached hydrogens (tertiary/aromatic N) is 4. The van der Waals surface area contributed by atoms with E-state index < -0.39 is 5.54 Å². The summed E-state index contributed by atoms with van der Waals surface area (Å²) in [4.78, 5) is 12.1. The van der Waals surface area contributed by atoms with Crippen molar-refractivity contribution in [1.82, 2.24) is 20.1 Å². The molecule has 114 valence electrons. The van der Waals surface area contributed by atoms with Crippen LogP contribution in [-0.2, 0) is 4.79 Å². The number of thioether (sulfide) groups is 1. The Kier molecular flexibility index (Phi) is 4.57. The minimum atomic E-state index is -0.836. The molecule has 1 fully saturated rings. The molecule has 21 heavy (non-hydrogen) atoms. The van der Waals surface area contributed by atoms with Crippen LogP contribution in [0.2, 0.25) is 0 Å². The van der Waals surface area contributed by atoms with Crippen LogP contribution in [0.1, 0.15) is 45.5 Å². The number of nitriles is 1. The molecule has 0 saturated heterocycles. The van der Waals surface area contributed by atoms with Gasteiger partial charge in [-0.1, -0.05) is 25.6 Å². The second-order valence-electron chi connectivity index (χ2n) is 5.94. The van der Waals surface area contributed by atoms with Crippen molar-refractivity contribution in [2.24, 2.45) is 5.92 Å². The van der Waals surface area contributed by atoms with Crippen molar-refractivity contribution < 1.29 is 4.79 Å². The maximum atomic E-state index is 12.1. The second-order valence-corrected chi connectivity index (χ2v) is 6.88. The van der Waals surface area contributed by atoms with Crippen LogP contribution in [0, 0.1) is 24.2 Å². The molecule has 0 bridgehead atoms. The monoisotopic (exact) mass is 307 g/mol. The predicted octanol–water partition coefficient (Wildman–Crippen LogP) is 2.07. The average Bonchev–Trinajstić information content (AvgIpc) is 3.20. The van der Waals surface area contributed by atoms with Crippen molar-refractivity contribution in [1.29, 1.82) is 5.26 Å². The molecule has 1 N–H and O–H groups in total. The largest absolute Gasteiger partial charge is 0.337 e. The summed E-state index contributed by atoms with van der Waals surface area (Å²) in [6.07, 6.45) is 2.30. The van der Waals surface area contributed by atoms with E-state index in [1.54, 1.807) is 6.92 Å². The van der Waals surface area contributed by atoms with Gasteiger partial charge in [0.2, 0.25) is 5.91 Å². The molecule has 7 heteroatoms. The Morgan fingerprint density at radius 3 is 2.76 bits per heavy atom. The lowest BCUT2D eigenvalue weighted by atomic mass is 9.90. The molecular weight excluding hydrogens is 286 g/mol. The summed E-state index contributed by atoms with van der Waals surface area (Å²) in [5, 5.41) is 21.0. The Morgan fingerprint density at radius 2 is 2.24 bits per heavy atom. The molecule has 1 aliphatic rings. The number of hydrogen-bond acceptors (Lipinski definition) is 5. The molecule has 0 aliphatic heterocycles. The quantitative estimate of drug-likeness (QED) is 0.813. The van der Waals surface area contributed by atoms with Crippen LogP contribution in [0.5, 0.6) is 0 Å². The molecule has 1 atom stereocenters. The van der Waals surface area contributed by atoms with Gasteiger partial charge in [-0.25, -0.2) is 0 Å². The number of aryl methyl sites for hydroxylation is 1. The summed E-state index contributed by atoms with van der Waals surface area (Å²) in [6, 6.07) is 2.67. The van der Waals surface area contributed by atoms with Crippen molar-refractivity contribution in [3.05, 3.63) is 5.82 Å². The van der Waals surface area contributed by atoms with Crippen molar-refractivity contribution in [3.63, 3.8) is 0 Å². The molecule has 1 saturated carbocycles. The fourth-order valence-corrected chi connectivity index (χ4v) is 2.81. The first-order valence-electron chi connectivity index (χ1n) is 7.14. The number of amides is 1. The minimum Gasteiger partial charge on any atom is -0.337 e. The van der Waals surface area contributed by atoms with Gasteiger partial charge in [-0.05, 0) is 32.6 Å². The number of hydrogen-bond donors (Lipinski definition) is 1. The van der Waals surface area contributed by atoms with E-state index in [1.807, 2.05) is 20.8 Å². The van der Waals surface area contributed by atoms with Gasteiger partial charge in [-0.15, -0.1) is 10.2 Å². The van der Waals surface area contributed by atoms with Crippen LogP contribution >= 0.6 is 11.8 Å². The van der Waals surface area contributed by atoms with Gasteiger partial charge in [0.05, 0.1) is 11.8 Å². The lowest BCUT2D eigenvalue weighted by Crippen LogP contribution is -2.49. The van der Waals surface area contributed by atoms with E-state index in [2.05, 4.69) is 26.2 Å². The van der Waals surface area contributed by atoms with E-state index in [9.17, 15) is 10.1 Å². The maximum Gasteiger partial charge on any atom is 0.231 e. The molecule has 1 aromatic rings. The van der Waals surface area contributed by atoms with E-state index in [4.69, 9.17) is 0 Å². The summed E-state index contributed by atoms with van der Waals surface area (Å²) >= 11 is 1.38. The van der Waals surface area contributed by atoms with Crippen LogP contribution in [0.3, 0.4) is 0 Å². The van der Waals surface area contributed by atoms with Gasteiger partial charge in [0.1, 0.15) is 11.4 Å². The molecule has 0 aromatic carbocycles. The fourth-order valence-electron chi connectivity index (χ4n) is 1.96. The highest BCUT2D eigenvalue weighted by atomic mass is 32.2. The summed E-state index contributed by atoms with van der Waals surface area (Å²) in [5.41, 5.74) is -0.836. The first kappa shape index (κ1) is 15.8. The van der Waals surface area contributed by atoms with Crippen LogP contribution in [0.15, 0.2) is 5.16 Å². The topological polar surface area (TPSA) is 83.6 Å². The number of aromatic nitrogens is 3. The third-order valence-electron chi connectivity index (χ3n) is 3.87. The van der Waals surface area contributed by atoms with E-state index >= 15 is 0 Å². The second kappa shape index (κ2) is 6.06. The first-order valence-corrected chi connectivity index (χ1v) is 8.12. The highest BCUT2D eigenvalue weighted by Gasteiger charge is 2.31. The highest BCUT2D eigenvalue weighted by molar-refractivity contribution is 7.99. The van der Waals surface area contributed by atoms with Crippen LogP contribution in [-0.4, -0.2) is 32.0 Å². The standard InChI is InChI=1S/C14H21N5OS/c1-9(2)14(4,8-15)16-12(20)7-21-13-18-17-10(3)19(13)11-5-6-11/h9,11H,5-7H2,1-4H3,(H,16,20)/t14-/m0/s1. The van der Waals surface area contributed by atoms with E-state index in [0.717, 1.165) is 23.8 Å². The Morgan fingerprint density at radius 1 is 1.57 bits per heavy atom. The molecule has 1 aromatic heterocycles. The van der Waals surface area contributed by atoms with Gasteiger partial charge < -0.3 is 9.88 Å². The number of nitrogens with one attached hydrogen (secondary N) is 1. The molecule has 1 aliphatic carbocycles. The van der Waals surface area contributed by atoms with E-state index in [1.165, 1.54) is 11.8 Å². The van der Waals surface area contributed by atoms with Crippen LogP contribution in [0.4, 0.5) is 0 Å². The third kappa shape index (κ3) is 3.56. The molecule has 0 radical (unpaired) electrons. The molecular formula is C14H21N5OS. The summed E-state index contributed by atoms with van der Waals surface area (Å²) in [5.74, 6) is 1.04. The molecule has 6 nitrogen and oxygen atoms in total. The van der Waals surface area contributed by atoms with Crippen LogP contribution < -0.4 is 5.32 Å². The average molecular weight is 307 g/mol. The fraction of sp³-hybridized carbons (Fsp3) is 0.714. The minimum absolute atomic E-state index is 0.0498. The predicted molar refractivity (Wildman–Crippen MR) is 80.8 cm³/mol. The molecule has 1 amide bonds. The lowest BCUT2D eigenvalue weighted by molar-refractivity contribution is -0.120. The Bertz CT molecular complexity index is 572. The van der Waals surface area contributed by atoms with Gasteiger partial charge in [0.15, 0.2) is 5.16 Å². The summed E-state index contributed by atoms with van der Waals surface area (Å²) < 4.78 is 2.10. The highest BCUT2D eigenvalue weighted by Crippen LogP contribution is 2.38. The molecule has 1 heterocycles. The normalized spacial score (nSPS) is 17.3. The van der Waals surface area contributed by atoms with Crippen molar-refractivity contribution >= 4 is 17.7 Å². The lowest BCUT2D eigenvalue weighted by Gasteiger charge is -2.27. The van der Waals surface area contributed by atoms with E-state index in [0.29, 0.717) is 6.04 Å². The molecule has 2 rings (SSSR count). The Balaban J connectivity index is 1.94. The first-order chi connectivity index (χ1) is 9.87. The number of rotatable bonds is 6. The van der Waals surface area contributed by atoms with Gasteiger partial charge in [0, 0.05) is 6.04 Å². The van der Waals surface area contributed by atoms with Crippen molar-refractivity contribution in [2.75, 3.05) is 5.75 Å². The van der Waals surface area contributed by atoms with Gasteiger partial charge >= 0.3 is 0 Å². The van der Waals surface area contributed by atoms with Crippen molar-refractivity contribution in [3.8, 4) is 6.07 Å². The van der Waals surface area contributed by atoms with Crippen molar-refractivity contribution in [2.45, 2.75) is 57.3 Å².